The molecule has 1 fully saturated rings. The van der Waals surface area contributed by atoms with E-state index >= 15 is 0 Å². The molecule has 1 spiro atoms. The van der Waals surface area contributed by atoms with Crippen molar-refractivity contribution in [2.45, 2.75) is 24.8 Å². The molecule has 26 heavy (non-hydrogen) atoms. The molecule has 1 aromatic heterocycles. The number of carbonyl (C=O) groups excluding carboxylic acids is 1. The van der Waals surface area contributed by atoms with Crippen LogP contribution in [0, 0.1) is 0 Å². The fraction of sp³-hybridized carbons (Fsp3) is 0.444. The number of hydrogen-bond donors (Lipinski definition) is 1. The Morgan fingerprint density at radius 2 is 1.96 bits per heavy atom. The lowest BCUT2D eigenvalue weighted by molar-refractivity contribution is 0.0632. The van der Waals surface area contributed by atoms with Gasteiger partial charge in [0, 0.05) is 31.6 Å². The molecule has 0 atom stereocenters. The van der Waals surface area contributed by atoms with Gasteiger partial charge in [-0.2, -0.15) is 4.31 Å². The highest BCUT2D eigenvalue weighted by atomic mass is 32.2. The van der Waals surface area contributed by atoms with E-state index in [9.17, 15) is 13.2 Å². The molecule has 0 bridgehead atoms. The molecule has 1 amide bonds. The van der Waals surface area contributed by atoms with Crippen molar-refractivity contribution in [2.75, 3.05) is 25.9 Å². The third-order valence-electron chi connectivity index (χ3n) is 5.62. The van der Waals surface area contributed by atoms with Crippen LogP contribution in [-0.4, -0.2) is 59.4 Å². The Hall–Kier alpha value is -2.19. The number of imidazole rings is 1. The van der Waals surface area contributed by atoms with Crippen LogP contribution in [0.3, 0.4) is 0 Å². The fourth-order valence-electron chi connectivity index (χ4n) is 4.19. The highest BCUT2D eigenvalue weighted by Crippen LogP contribution is 2.42. The zero-order chi connectivity index (χ0) is 18.4. The number of aromatic amines is 1. The summed E-state index contributed by atoms with van der Waals surface area (Å²) in [5.41, 5.74) is 2.55. The maximum absolute atomic E-state index is 12.5. The molecule has 138 valence electrons. The molecule has 1 N–H and O–H groups in total. The van der Waals surface area contributed by atoms with Crippen molar-refractivity contribution >= 4 is 15.9 Å². The summed E-state index contributed by atoms with van der Waals surface area (Å²) in [6.07, 6.45) is 5.80. The van der Waals surface area contributed by atoms with Crippen molar-refractivity contribution in [1.29, 1.82) is 0 Å². The first-order valence-corrected chi connectivity index (χ1v) is 10.6. The van der Waals surface area contributed by atoms with Crippen LogP contribution in [0.2, 0.25) is 0 Å². The Balaban J connectivity index is 1.61. The Morgan fingerprint density at radius 3 is 2.62 bits per heavy atom. The van der Waals surface area contributed by atoms with Crippen LogP contribution >= 0.6 is 0 Å². The number of hydrogen-bond acceptors (Lipinski definition) is 4. The first-order valence-electron chi connectivity index (χ1n) is 8.70. The van der Waals surface area contributed by atoms with Gasteiger partial charge >= 0.3 is 0 Å². The SMILES string of the molecule is CS(=O)(=O)N1Cc2ccccc2C2(CCN(C(=O)c3cnc[nH]3)CC2)C1. The first-order chi connectivity index (χ1) is 12.4. The lowest BCUT2D eigenvalue weighted by Gasteiger charge is -2.48. The average Bonchev–Trinajstić information content (AvgIpc) is 3.16. The highest BCUT2D eigenvalue weighted by molar-refractivity contribution is 7.88. The summed E-state index contributed by atoms with van der Waals surface area (Å²) in [5, 5.41) is 0. The van der Waals surface area contributed by atoms with Gasteiger partial charge in [0.1, 0.15) is 5.69 Å². The van der Waals surface area contributed by atoms with E-state index in [-0.39, 0.29) is 11.3 Å². The van der Waals surface area contributed by atoms with Crippen LogP contribution in [0.25, 0.3) is 0 Å². The second-order valence-electron chi connectivity index (χ2n) is 7.23. The second kappa shape index (κ2) is 6.21. The molecule has 0 unspecified atom stereocenters. The Labute approximate surface area is 153 Å². The second-order valence-corrected chi connectivity index (χ2v) is 9.21. The standard InChI is InChI=1S/C18H22N4O3S/c1-26(24,25)22-11-14-4-2-3-5-15(14)18(12-22)6-8-21(9-7-18)17(23)16-10-19-13-20-16/h2-5,10,13H,6-9,11-12H2,1H3,(H,19,20). The van der Waals surface area contributed by atoms with E-state index in [0.717, 1.165) is 18.4 Å². The van der Waals surface area contributed by atoms with E-state index in [2.05, 4.69) is 16.0 Å². The fourth-order valence-corrected chi connectivity index (χ4v) is 5.04. The normalized spacial score (nSPS) is 20.1. The molecule has 2 aromatic rings. The number of nitrogens with one attached hydrogen (secondary N) is 1. The summed E-state index contributed by atoms with van der Waals surface area (Å²) in [4.78, 5) is 21.1. The zero-order valence-corrected chi connectivity index (χ0v) is 15.5. The van der Waals surface area contributed by atoms with Gasteiger partial charge in [0.2, 0.25) is 10.0 Å². The number of carbonyl (C=O) groups is 1. The van der Waals surface area contributed by atoms with E-state index in [1.54, 1.807) is 4.31 Å². The molecule has 2 aliphatic heterocycles. The highest BCUT2D eigenvalue weighted by Gasteiger charge is 2.44. The van der Waals surface area contributed by atoms with Gasteiger partial charge in [0.15, 0.2) is 0 Å². The monoisotopic (exact) mass is 374 g/mol. The summed E-state index contributed by atoms with van der Waals surface area (Å²) >= 11 is 0. The quantitative estimate of drug-likeness (QED) is 0.860. The van der Waals surface area contributed by atoms with Gasteiger partial charge < -0.3 is 9.88 Å². The number of nitrogens with zero attached hydrogens (tertiary/aromatic N) is 3. The molecule has 3 heterocycles. The molecule has 8 heteroatoms. The zero-order valence-electron chi connectivity index (χ0n) is 14.7. The van der Waals surface area contributed by atoms with Crippen LogP contribution in [0.5, 0.6) is 0 Å². The summed E-state index contributed by atoms with van der Waals surface area (Å²) in [5.74, 6) is -0.0542. The third-order valence-corrected chi connectivity index (χ3v) is 6.82. The van der Waals surface area contributed by atoms with Crippen LogP contribution in [0.1, 0.15) is 34.5 Å². The average molecular weight is 374 g/mol. The molecular formula is C18H22N4O3S. The van der Waals surface area contributed by atoms with Gasteiger partial charge in [-0.3, -0.25) is 4.79 Å². The van der Waals surface area contributed by atoms with Crippen LogP contribution in [0.4, 0.5) is 0 Å². The number of rotatable bonds is 2. The minimum absolute atomic E-state index is 0.0542. The van der Waals surface area contributed by atoms with E-state index in [1.807, 2.05) is 23.1 Å². The molecular weight excluding hydrogens is 352 g/mol. The summed E-state index contributed by atoms with van der Waals surface area (Å²) in [7, 11) is -3.27. The van der Waals surface area contributed by atoms with Crippen molar-refractivity contribution in [2.24, 2.45) is 0 Å². The van der Waals surface area contributed by atoms with Gasteiger partial charge in [-0.1, -0.05) is 24.3 Å². The number of piperidine rings is 1. The number of aromatic nitrogens is 2. The predicted octanol–water partition coefficient (Wildman–Crippen LogP) is 1.36. The van der Waals surface area contributed by atoms with Crippen LogP contribution < -0.4 is 0 Å². The largest absolute Gasteiger partial charge is 0.341 e. The molecule has 1 saturated heterocycles. The molecule has 7 nitrogen and oxygen atoms in total. The molecule has 1 aromatic carbocycles. The summed E-state index contributed by atoms with van der Waals surface area (Å²) in [6.45, 7) is 2.11. The number of amides is 1. The van der Waals surface area contributed by atoms with E-state index in [0.29, 0.717) is 31.9 Å². The maximum Gasteiger partial charge on any atom is 0.271 e. The van der Waals surface area contributed by atoms with E-state index in [1.165, 1.54) is 24.3 Å². The smallest absolute Gasteiger partial charge is 0.271 e. The van der Waals surface area contributed by atoms with Crippen molar-refractivity contribution < 1.29 is 13.2 Å². The van der Waals surface area contributed by atoms with Crippen LogP contribution in [0.15, 0.2) is 36.8 Å². The molecule has 4 rings (SSSR count). The third kappa shape index (κ3) is 2.93. The van der Waals surface area contributed by atoms with E-state index < -0.39 is 10.0 Å². The number of sulfonamides is 1. The topological polar surface area (TPSA) is 86.4 Å². The molecule has 0 radical (unpaired) electrons. The number of benzene rings is 1. The lowest BCUT2D eigenvalue weighted by atomic mass is 9.69. The minimum Gasteiger partial charge on any atom is -0.341 e. The lowest BCUT2D eigenvalue weighted by Crippen LogP contribution is -2.53. The predicted molar refractivity (Wildman–Crippen MR) is 97.1 cm³/mol. The van der Waals surface area contributed by atoms with Crippen molar-refractivity contribution in [3.05, 3.63) is 53.6 Å². The van der Waals surface area contributed by atoms with Crippen LogP contribution in [-0.2, 0) is 22.0 Å². The first kappa shape index (κ1) is 17.2. The number of fused-ring (bicyclic) bond motifs is 2. The van der Waals surface area contributed by atoms with Crippen molar-refractivity contribution in [3.63, 3.8) is 0 Å². The summed E-state index contributed by atoms with van der Waals surface area (Å²) < 4.78 is 26.0. The summed E-state index contributed by atoms with van der Waals surface area (Å²) in [6, 6.07) is 8.09. The van der Waals surface area contributed by atoms with Gasteiger partial charge in [0.05, 0.1) is 18.8 Å². The van der Waals surface area contributed by atoms with E-state index in [4.69, 9.17) is 0 Å². The van der Waals surface area contributed by atoms with Gasteiger partial charge in [-0.25, -0.2) is 13.4 Å². The van der Waals surface area contributed by atoms with Gasteiger partial charge in [-0.05, 0) is 24.0 Å². The Morgan fingerprint density at radius 1 is 1.23 bits per heavy atom. The van der Waals surface area contributed by atoms with Gasteiger partial charge in [0.25, 0.3) is 5.91 Å². The van der Waals surface area contributed by atoms with Crippen molar-refractivity contribution in [1.82, 2.24) is 19.2 Å². The van der Waals surface area contributed by atoms with Crippen molar-refractivity contribution in [3.8, 4) is 0 Å². The molecule has 0 saturated carbocycles. The number of likely N-dealkylation sites (tertiary alicyclic amines) is 1. The Kier molecular flexibility index (Phi) is 4.11. The minimum atomic E-state index is -3.27. The molecule has 2 aliphatic rings. The molecule has 0 aliphatic carbocycles. The number of H-pyrrole nitrogens is 1. The van der Waals surface area contributed by atoms with Gasteiger partial charge in [-0.15, -0.1) is 0 Å². The Bertz CT molecular complexity index is 916. The maximum atomic E-state index is 12.5.